The van der Waals surface area contributed by atoms with Crippen LogP contribution in [0.5, 0.6) is 11.5 Å². The predicted octanol–water partition coefficient (Wildman–Crippen LogP) is 3.51. The zero-order valence-corrected chi connectivity index (χ0v) is 12.7. The summed E-state index contributed by atoms with van der Waals surface area (Å²) in [6, 6.07) is 11.3. The fraction of sp³-hybridized carbons (Fsp3) is 0.118. The number of ketones is 1. The van der Waals surface area contributed by atoms with Gasteiger partial charge in [0.2, 0.25) is 0 Å². The number of allylic oxidation sites excluding steroid dienone is 1. The summed E-state index contributed by atoms with van der Waals surface area (Å²) in [5.41, 5.74) is 0.862. The Labute approximate surface area is 133 Å². The van der Waals surface area contributed by atoms with E-state index in [2.05, 4.69) is 0 Å². The highest BCUT2D eigenvalue weighted by Gasteiger charge is 2.14. The lowest BCUT2D eigenvalue weighted by Gasteiger charge is -2.02. The number of nitro benzene ring substituents is 1. The van der Waals surface area contributed by atoms with E-state index in [-0.39, 0.29) is 17.2 Å². The molecule has 0 aliphatic heterocycles. The highest BCUT2D eigenvalue weighted by molar-refractivity contribution is 6.07. The van der Waals surface area contributed by atoms with Crippen LogP contribution in [0.1, 0.15) is 15.9 Å². The third-order valence-corrected chi connectivity index (χ3v) is 3.18. The minimum atomic E-state index is -0.528. The van der Waals surface area contributed by atoms with Gasteiger partial charge in [-0.15, -0.1) is 0 Å². The number of nitro groups is 1. The molecule has 0 saturated heterocycles. The molecule has 0 aliphatic rings. The molecule has 0 heterocycles. The first kappa shape index (κ1) is 16.2. The largest absolute Gasteiger partial charge is 0.497 e. The quantitative estimate of drug-likeness (QED) is 0.353. The van der Waals surface area contributed by atoms with Crippen molar-refractivity contribution >= 4 is 17.5 Å². The average molecular weight is 313 g/mol. The Hall–Kier alpha value is -3.15. The monoisotopic (exact) mass is 313 g/mol. The van der Waals surface area contributed by atoms with E-state index in [1.165, 1.54) is 38.5 Å². The normalized spacial score (nSPS) is 10.5. The zero-order valence-electron chi connectivity index (χ0n) is 12.7. The minimum Gasteiger partial charge on any atom is -0.497 e. The lowest BCUT2D eigenvalue weighted by atomic mass is 10.1. The summed E-state index contributed by atoms with van der Waals surface area (Å²) in [4.78, 5) is 22.6. The standard InChI is InChI=1S/C17H15NO5/c1-22-14-5-3-4-13(11-14)16(19)8-6-12-7-9-17(23-2)15(10-12)18(20)21/h3-11H,1-2H3. The molecule has 2 aromatic carbocycles. The van der Waals surface area contributed by atoms with Crippen molar-refractivity contribution < 1.29 is 19.2 Å². The van der Waals surface area contributed by atoms with Crippen LogP contribution >= 0.6 is 0 Å². The van der Waals surface area contributed by atoms with Gasteiger partial charge in [0.05, 0.1) is 19.1 Å². The molecule has 6 nitrogen and oxygen atoms in total. The van der Waals surface area contributed by atoms with Crippen molar-refractivity contribution in [1.29, 1.82) is 0 Å². The molecule has 0 fully saturated rings. The predicted molar refractivity (Wildman–Crippen MR) is 86.0 cm³/mol. The van der Waals surface area contributed by atoms with E-state index < -0.39 is 4.92 Å². The molecule has 0 saturated carbocycles. The Morgan fingerprint density at radius 2 is 1.91 bits per heavy atom. The van der Waals surface area contributed by atoms with Gasteiger partial charge in [-0.1, -0.05) is 24.3 Å². The molecule has 23 heavy (non-hydrogen) atoms. The lowest BCUT2D eigenvalue weighted by molar-refractivity contribution is -0.385. The van der Waals surface area contributed by atoms with Crippen molar-refractivity contribution in [3.63, 3.8) is 0 Å². The Bertz CT molecular complexity index is 767. The smallest absolute Gasteiger partial charge is 0.311 e. The first-order chi connectivity index (χ1) is 11.0. The van der Waals surface area contributed by atoms with Crippen molar-refractivity contribution in [2.24, 2.45) is 0 Å². The van der Waals surface area contributed by atoms with Gasteiger partial charge in [0.1, 0.15) is 5.75 Å². The zero-order chi connectivity index (χ0) is 16.8. The maximum atomic E-state index is 12.1. The Morgan fingerprint density at radius 3 is 2.57 bits per heavy atom. The molecule has 0 N–H and O–H groups in total. The van der Waals surface area contributed by atoms with Crippen LogP contribution in [-0.2, 0) is 0 Å². The summed E-state index contributed by atoms with van der Waals surface area (Å²) in [6.45, 7) is 0. The lowest BCUT2D eigenvalue weighted by Crippen LogP contribution is -1.96. The Morgan fingerprint density at radius 1 is 1.13 bits per heavy atom. The number of methoxy groups -OCH3 is 2. The Kier molecular flexibility index (Phi) is 5.09. The maximum absolute atomic E-state index is 12.1. The highest BCUT2D eigenvalue weighted by atomic mass is 16.6. The summed E-state index contributed by atoms with van der Waals surface area (Å²) in [5.74, 6) is 0.540. The van der Waals surface area contributed by atoms with Gasteiger partial charge in [-0.3, -0.25) is 14.9 Å². The Balaban J connectivity index is 2.24. The van der Waals surface area contributed by atoms with Crippen LogP contribution < -0.4 is 9.47 Å². The fourth-order valence-electron chi connectivity index (χ4n) is 2.00. The van der Waals surface area contributed by atoms with E-state index in [1.807, 2.05) is 0 Å². The summed E-state index contributed by atoms with van der Waals surface area (Å²) in [7, 11) is 2.89. The van der Waals surface area contributed by atoms with E-state index in [9.17, 15) is 14.9 Å². The highest BCUT2D eigenvalue weighted by Crippen LogP contribution is 2.28. The first-order valence-corrected chi connectivity index (χ1v) is 6.74. The number of rotatable bonds is 6. The molecule has 6 heteroatoms. The maximum Gasteiger partial charge on any atom is 0.311 e. The van der Waals surface area contributed by atoms with Gasteiger partial charge in [-0.2, -0.15) is 0 Å². The second kappa shape index (κ2) is 7.22. The summed E-state index contributed by atoms with van der Waals surface area (Å²) >= 11 is 0. The number of hydrogen-bond acceptors (Lipinski definition) is 5. The molecule has 0 atom stereocenters. The molecule has 0 unspecified atom stereocenters. The third-order valence-electron chi connectivity index (χ3n) is 3.18. The molecule has 0 amide bonds. The van der Waals surface area contributed by atoms with Gasteiger partial charge < -0.3 is 9.47 Å². The number of nitrogens with zero attached hydrogens (tertiary/aromatic N) is 1. The molecule has 0 bridgehead atoms. The topological polar surface area (TPSA) is 78.7 Å². The molecule has 0 aliphatic carbocycles. The van der Waals surface area contributed by atoms with E-state index in [0.717, 1.165) is 0 Å². The molecular formula is C17H15NO5. The molecule has 2 rings (SSSR count). The fourth-order valence-corrected chi connectivity index (χ4v) is 2.00. The average Bonchev–Trinajstić information content (AvgIpc) is 2.59. The van der Waals surface area contributed by atoms with Crippen LogP contribution in [0.4, 0.5) is 5.69 Å². The molecule has 2 aromatic rings. The van der Waals surface area contributed by atoms with Crippen LogP contribution in [0.25, 0.3) is 6.08 Å². The molecule has 0 spiro atoms. The van der Waals surface area contributed by atoms with Crippen molar-refractivity contribution in [3.8, 4) is 11.5 Å². The molecule has 0 radical (unpaired) electrons. The van der Waals surface area contributed by atoms with Crippen molar-refractivity contribution in [3.05, 3.63) is 69.8 Å². The summed E-state index contributed by atoms with van der Waals surface area (Å²) in [6.07, 6.45) is 2.88. The van der Waals surface area contributed by atoms with E-state index in [1.54, 1.807) is 30.3 Å². The van der Waals surface area contributed by atoms with Crippen molar-refractivity contribution in [2.45, 2.75) is 0 Å². The van der Waals surface area contributed by atoms with Gasteiger partial charge in [0.15, 0.2) is 11.5 Å². The van der Waals surface area contributed by atoms with E-state index >= 15 is 0 Å². The molecule has 0 aromatic heterocycles. The number of hydrogen-bond donors (Lipinski definition) is 0. The van der Waals surface area contributed by atoms with Crippen molar-refractivity contribution in [1.82, 2.24) is 0 Å². The SMILES string of the molecule is COc1cccc(C(=O)C=Cc2ccc(OC)c([N+](=O)[O-])c2)c1. The number of ether oxygens (including phenoxy) is 2. The van der Waals surface area contributed by atoms with Crippen molar-refractivity contribution in [2.75, 3.05) is 14.2 Å². The van der Waals surface area contributed by atoms with Crippen LogP contribution in [-0.4, -0.2) is 24.9 Å². The molecular weight excluding hydrogens is 298 g/mol. The summed E-state index contributed by atoms with van der Waals surface area (Å²) < 4.78 is 10.0. The summed E-state index contributed by atoms with van der Waals surface area (Å²) in [5, 5.41) is 11.0. The van der Waals surface area contributed by atoms with Gasteiger partial charge in [-0.05, 0) is 29.8 Å². The van der Waals surface area contributed by atoms with Crippen LogP contribution in [0.15, 0.2) is 48.5 Å². The third kappa shape index (κ3) is 3.94. The van der Waals surface area contributed by atoms with Crippen LogP contribution in [0.3, 0.4) is 0 Å². The van der Waals surface area contributed by atoms with Gasteiger partial charge in [0.25, 0.3) is 0 Å². The van der Waals surface area contributed by atoms with Gasteiger partial charge >= 0.3 is 5.69 Å². The first-order valence-electron chi connectivity index (χ1n) is 6.74. The van der Waals surface area contributed by atoms with E-state index in [0.29, 0.717) is 16.9 Å². The second-order valence-electron chi connectivity index (χ2n) is 4.62. The van der Waals surface area contributed by atoms with E-state index in [4.69, 9.17) is 9.47 Å². The number of carbonyl (C=O) groups is 1. The number of carbonyl (C=O) groups excluding carboxylic acids is 1. The van der Waals surface area contributed by atoms with Crippen LogP contribution in [0.2, 0.25) is 0 Å². The van der Waals surface area contributed by atoms with Gasteiger partial charge in [0, 0.05) is 11.6 Å². The minimum absolute atomic E-state index is 0.150. The van der Waals surface area contributed by atoms with Gasteiger partial charge in [-0.25, -0.2) is 0 Å². The van der Waals surface area contributed by atoms with Crippen LogP contribution in [0, 0.1) is 10.1 Å². The molecule has 118 valence electrons. The number of benzene rings is 2. The second-order valence-corrected chi connectivity index (χ2v) is 4.62.